The van der Waals surface area contributed by atoms with Crippen LogP contribution in [-0.2, 0) is 7.05 Å². The minimum Gasteiger partial charge on any atom is -0.378 e. The highest BCUT2D eigenvalue weighted by Gasteiger charge is 2.19. The Morgan fingerprint density at radius 2 is 1.73 bits per heavy atom. The molecule has 2 atom stereocenters. The molecule has 7 nitrogen and oxygen atoms in total. The largest absolute Gasteiger partial charge is 0.378 e. The van der Waals surface area contributed by atoms with Crippen molar-refractivity contribution in [3.8, 4) is 0 Å². The number of aromatic nitrogens is 3. The molecule has 0 saturated heterocycles. The first-order valence-corrected chi connectivity index (χ1v) is 12.8. The Bertz CT molecular complexity index is 1660. The van der Waals surface area contributed by atoms with Crippen LogP contribution in [0, 0.1) is 18.6 Å². The second-order valence-corrected chi connectivity index (χ2v) is 9.56. The first-order valence-electron chi connectivity index (χ1n) is 12.8. The molecule has 208 valence electrons. The summed E-state index contributed by atoms with van der Waals surface area (Å²) in [5, 5.41) is 9.98. The van der Waals surface area contributed by atoms with E-state index in [1.165, 1.54) is 35.8 Å². The van der Waals surface area contributed by atoms with E-state index >= 15 is 0 Å². The third-order valence-corrected chi connectivity index (χ3v) is 6.61. The lowest BCUT2D eigenvalue weighted by atomic mass is 9.98. The van der Waals surface area contributed by atoms with Crippen molar-refractivity contribution < 1.29 is 13.2 Å². The van der Waals surface area contributed by atoms with Crippen LogP contribution in [-0.4, -0.2) is 20.7 Å². The number of nitrogens with one attached hydrogen (secondary N) is 1. The summed E-state index contributed by atoms with van der Waals surface area (Å²) in [4.78, 5) is 21.9. The Labute approximate surface area is 230 Å². The number of alkyl halides is 1. The summed E-state index contributed by atoms with van der Waals surface area (Å²) in [6.45, 7) is 8.51. The number of aryl methyl sites for hydroxylation is 1. The molecule has 0 bridgehead atoms. The number of halogens is 3. The van der Waals surface area contributed by atoms with Crippen molar-refractivity contribution in [1.29, 1.82) is 0 Å². The molecular formula is C30H31F3N6O. The second kappa shape index (κ2) is 11.7. The van der Waals surface area contributed by atoms with Crippen LogP contribution in [0.15, 0.2) is 64.4 Å². The molecule has 0 fully saturated rings. The monoisotopic (exact) mass is 548 g/mol. The highest BCUT2D eigenvalue weighted by Crippen LogP contribution is 2.32. The number of fused-ring (bicyclic) bond motifs is 1. The van der Waals surface area contributed by atoms with E-state index < -0.39 is 23.8 Å². The van der Waals surface area contributed by atoms with Crippen molar-refractivity contribution in [2.24, 2.45) is 12.1 Å². The summed E-state index contributed by atoms with van der Waals surface area (Å²) in [6.07, 6.45) is 5.31. The molecule has 0 saturated carbocycles. The van der Waals surface area contributed by atoms with Crippen LogP contribution < -0.4 is 15.9 Å². The van der Waals surface area contributed by atoms with Gasteiger partial charge in [-0.3, -0.25) is 4.79 Å². The fourth-order valence-electron chi connectivity index (χ4n) is 4.57. The molecule has 40 heavy (non-hydrogen) atoms. The van der Waals surface area contributed by atoms with E-state index in [1.54, 1.807) is 63.6 Å². The molecule has 2 aromatic heterocycles. The Kier molecular flexibility index (Phi) is 8.37. The Balaban J connectivity index is 1.83. The van der Waals surface area contributed by atoms with E-state index in [2.05, 4.69) is 20.4 Å². The molecule has 2 heterocycles. The maximum Gasteiger partial charge on any atom is 0.258 e. The molecule has 2 aromatic carbocycles. The molecule has 0 aliphatic heterocycles. The van der Waals surface area contributed by atoms with Gasteiger partial charge in [0.2, 0.25) is 0 Å². The van der Waals surface area contributed by atoms with Crippen LogP contribution >= 0.6 is 0 Å². The lowest BCUT2D eigenvalue weighted by Gasteiger charge is -2.22. The van der Waals surface area contributed by atoms with Gasteiger partial charge < -0.3 is 9.88 Å². The van der Waals surface area contributed by atoms with Gasteiger partial charge >= 0.3 is 0 Å². The third-order valence-electron chi connectivity index (χ3n) is 6.61. The number of nitrogens with zero attached hydrogens (tertiary/aromatic N) is 5. The fourth-order valence-corrected chi connectivity index (χ4v) is 4.57. The second-order valence-electron chi connectivity index (χ2n) is 9.56. The van der Waals surface area contributed by atoms with Crippen LogP contribution in [0.5, 0.6) is 0 Å². The van der Waals surface area contributed by atoms with E-state index in [9.17, 15) is 18.0 Å². The van der Waals surface area contributed by atoms with Gasteiger partial charge in [0.15, 0.2) is 0 Å². The van der Waals surface area contributed by atoms with E-state index in [-0.39, 0.29) is 16.5 Å². The Hall–Kier alpha value is -4.47. The van der Waals surface area contributed by atoms with E-state index in [0.29, 0.717) is 39.5 Å². The van der Waals surface area contributed by atoms with Gasteiger partial charge in [0.05, 0.1) is 17.8 Å². The lowest BCUT2D eigenvalue weighted by Crippen LogP contribution is -2.21. The Morgan fingerprint density at radius 1 is 1.05 bits per heavy atom. The minimum atomic E-state index is -1.42. The average Bonchev–Trinajstić information content (AvgIpc) is 2.91. The summed E-state index contributed by atoms with van der Waals surface area (Å²) in [6, 6.07) is 7.63. The van der Waals surface area contributed by atoms with Gasteiger partial charge in [-0.25, -0.2) is 28.1 Å². The number of pyridine rings is 1. The molecule has 0 amide bonds. The SMILES string of the molecule is C/C=N\N(/C(C)=C/c1cc2c([C@@H](C)Nc3ccc(F)cc3[C@H](C)F)cc(F)cc2c(=O)n1C)c1cnc(C)nc1. The van der Waals surface area contributed by atoms with Gasteiger partial charge in [-0.05, 0) is 88.0 Å². The number of hydrogen-bond acceptors (Lipinski definition) is 6. The highest BCUT2D eigenvalue weighted by atomic mass is 19.1. The molecule has 4 aromatic rings. The number of allylic oxidation sites excluding steroid dienone is 1. The van der Waals surface area contributed by atoms with Crippen LogP contribution in [0.25, 0.3) is 16.8 Å². The van der Waals surface area contributed by atoms with Crippen molar-refractivity contribution >= 4 is 34.4 Å². The van der Waals surface area contributed by atoms with Crippen LogP contribution in [0.4, 0.5) is 24.5 Å². The van der Waals surface area contributed by atoms with Crippen molar-refractivity contribution in [3.05, 3.63) is 99.1 Å². The van der Waals surface area contributed by atoms with Crippen LogP contribution in [0.2, 0.25) is 0 Å². The summed E-state index contributed by atoms with van der Waals surface area (Å²) in [5.74, 6) is -0.504. The number of rotatable bonds is 8. The maximum atomic E-state index is 14.8. The number of anilines is 2. The molecule has 1 N–H and O–H groups in total. The van der Waals surface area contributed by atoms with Gasteiger partial charge in [0.1, 0.15) is 29.3 Å². The predicted molar refractivity (Wildman–Crippen MR) is 154 cm³/mol. The number of hydrogen-bond donors (Lipinski definition) is 1. The summed E-state index contributed by atoms with van der Waals surface area (Å²) in [5.41, 5.74) is 2.53. The fraction of sp³-hybridized carbons (Fsp3) is 0.267. The quantitative estimate of drug-likeness (QED) is 0.190. The zero-order valence-corrected chi connectivity index (χ0v) is 23.2. The van der Waals surface area contributed by atoms with Crippen LogP contribution in [0.1, 0.15) is 62.6 Å². The molecule has 4 rings (SSSR count). The zero-order valence-electron chi connectivity index (χ0n) is 23.2. The van der Waals surface area contributed by atoms with Gasteiger partial charge in [0.25, 0.3) is 5.56 Å². The van der Waals surface area contributed by atoms with E-state index in [1.807, 2.05) is 6.92 Å². The van der Waals surface area contributed by atoms with Crippen molar-refractivity contribution in [3.63, 3.8) is 0 Å². The summed E-state index contributed by atoms with van der Waals surface area (Å²) in [7, 11) is 1.61. The average molecular weight is 549 g/mol. The van der Waals surface area contributed by atoms with Crippen molar-refractivity contribution in [1.82, 2.24) is 14.5 Å². The normalized spacial score (nSPS) is 13.6. The zero-order chi connectivity index (χ0) is 29.1. The van der Waals surface area contributed by atoms with Crippen molar-refractivity contribution in [2.75, 3.05) is 10.3 Å². The van der Waals surface area contributed by atoms with Gasteiger partial charge in [0, 0.05) is 41.9 Å². The molecule has 0 aliphatic carbocycles. The Morgan fingerprint density at radius 3 is 2.38 bits per heavy atom. The van der Waals surface area contributed by atoms with Crippen LogP contribution in [0.3, 0.4) is 0 Å². The smallest absolute Gasteiger partial charge is 0.258 e. The first kappa shape index (κ1) is 28.5. The topological polar surface area (TPSA) is 75.4 Å². The molecular weight excluding hydrogens is 517 g/mol. The molecule has 10 heteroatoms. The lowest BCUT2D eigenvalue weighted by molar-refractivity contribution is 0.373. The van der Waals surface area contributed by atoms with E-state index in [4.69, 9.17) is 0 Å². The van der Waals surface area contributed by atoms with Gasteiger partial charge in [-0.1, -0.05) is 0 Å². The van der Waals surface area contributed by atoms with Gasteiger partial charge in [-0.2, -0.15) is 5.10 Å². The molecule has 0 unspecified atom stereocenters. The summed E-state index contributed by atoms with van der Waals surface area (Å²) < 4.78 is 44.2. The molecule has 0 aliphatic rings. The van der Waals surface area contributed by atoms with Crippen molar-refractivity contribution in [2.45, 2.75) is 46.8 Å². The molecule has 0 spiro atoms. The van der Waals surface area contributed by atoms with Gasteiger partial charge in [-0.15, -0.1) is 0 Å². The molecule has 0 radical (unpaired) electrons. The number of benzene rings is 2. The first-order chi connectivity index (χ1) is 19.0. The minimum absolute atomic E-state index is 0.152. The maximum absolute atomic E-state index is 14.8. The van der Waals surface area contributed by atoms with E-state index in [0.717, 1.165) is 6.07 Å². The third kappa shape index (κ3) is 5.90. The summed E-state index contributed by atoms with van der Waals surface area (Å²) >= 11 is 0. The standard InChI is InChI=1S/C30H31F3N6O/c1-7-36-39(24-15-34-20(5)35-16-24)17(2)10-23-14-27-26(12-22(33)13-28(27)30(40)38(23)6)19(4)37-29-9-8-21(32)11-25(29)18(3)31/h7-16,18-19,37H,1-6H3/b17-10+,36-7-/t18-,19+/m0/s1. The number of hydrazone groups is 1. The predicted octanol–water partition coefficient (Wildman–Crippen LogP) is 6.99. The highest BCUT2D eigenvalue weighted by molar-refractivity contribution is 5.87.